The minimum absolute atomic E-state index is 0. The SMILES string of the molecule is Cl.NCCN(CCc1ccccc1)CC(=O)NC(=O)Nc1ccc2c(c1)OCO2. The zero-order chi connectivity index (χ0) is 19.8. The number of fused-ring (bicyclic) bond motifs is 1. The summed E-state index contributed by atoms with van der Waals surface area (Å²) in [4.78, 5) is 26.2. The van der Waals surface area contributed by atoms with Crippen LogP contribution in [0.1, 0.15) is 5.56 Å². The van der Waals surface area contributed by atoms with Gasteiger partial charge >= 0.3 is 6.03 Å². The Bertz CT molecular complexity index is 819. The summed E-state index contributed by atoms with van der Waals surface area (Å²) < 4.78 is 10.5. The summed E-state index contributed by atoms with van der Waals surface area (Å²) in [6.45, 7) is 1.94. The molecular formula is C20H25ClN4O4. The first-order valence-corrected chi connectivity index (χ1v) is 9.11. The van der Waals surface area contributed by atoms with Crippen LogP contribution in [0.2, 0.25) is 0 Å². The fraction of sp³-hybridized carbons (Fsp3) is 0.300. The van der Waals surface area contributed by atoms with Crippen LogP contribution < -0.4 is 25.8 Å². The van der Waals surface area contributed by atoms with Crippen LogP contribution in [0.5, 0.6) is 11.5 Å². The number of amides is 3. The average molecular weight is 421 g/mol. The van der Waals surface area contributed by atoms with Gasteiger partial charge in [0.2, 0.25) is 12.7 Å². The number of halogens is 1. The third-order valence-corrected chi connectivity index (χ3v) is 4.26. The van der Waals surface area contributed by atoms with Crippen molar-refractivity contribution in [1.29, 1.82) is 0 Å². The molecule has 8 nitrogen and oxygen atoms in total. The number of nitrogens with one attached hydrogen (secondary N) is 2. The molecule has 1 heterocycles. The Morgan fingerprint density at radius 2 is 1.79 bits per heavy atom. The van der Waals surface area contributed by atoms with Crippen LogP contribution in [0.15, 0.2) is 48.5 Å². The normalized spacial score (nSPS) is 11.7. The Kier molecular flexibility index (Phi) is 8.72. The fourth-order valence-corrected chi connectivity index (χ4v) is 2.89. The molecule has 3 rings (SSSR count). The lowest BCUT2D eigenvalue weighted by Crippen LogP contribution is -2.43. The van der Waals surface area contributed by atoms with E-state index in [4.69, 9.17) is 15.2 Å². The van der Waals surface area contributed by atoms with E-state index in [1.807, 2.05) is 35.2 Å². The van der Waals surface area contributed by atoms with Crippen LogP contribution in [0.25, 0.3) is 0 Å². The van der Waals surface area contributed by atoms with E-state index < -0.39 is 6.03 Å². The smallest absolute Gasteiger partial charge is 0.325 e. The zero-order valence-electron chi connectivity index (χ0n) is 15.9. The number of carbonyl (C=O) groups is 2. The molecular weight excluding hydrogens is 396 g/mol. The lowest BCUT2D eigenvalue weighted by molar-refractivity contribution is -0.121. The molecule has 0 saturated heterocycles. The Morgan fingerprint density at radius 3 is 2.55 bits per heavy atom. The Balaban J connectivity index is 0.00000300. The van der Waals surface area contributed by atoms with Gasteiger partial charge in [-0.05, 0) is 24.1 Å². The van der Waals surface area contributed by atoms with Crippen molar-refractivity contribution in [2.45, 2.75) is 6.42 Å². The predicted octanol–water partition coefficient (Wildman–Crippen LogP) is 1.99. The van der Waals surface area contributed by atoms with Gasteiger partial charge in [-0.3, -0.25) is 15.0 Å². The summed E-state index contributed by atoms with van der Waals surface area (Å²) in [6, 6.07) is 14.4. The number of benzene rings is 2. The molecule has 0 spiro atoms. The first-order chi connectivity index (χ1) is 13.6. The lowest BCUT2D eigenvalue weighted by atomic mass is 10.1. The number of rotatable bonds is 8. The van der Waals surface area contributed by atoms with Crippen molar-refractivity contribution in [2.24, 2.45) is 5.73 Å². The summed E-state index contributed by atoms with van der Waals surface area (Å²) in [5.41, 5.74) is 7.34. The van der Waals surface area contributed by atoms with Crippen LogP contribution in [0, 0.1) is 0 Å². The topological polar surface area (TPSA) is 106 Å². The summed E-state index contributed by atoms with van der Waals surface area (Å²) in [7, 11) is 0. The monoisotopic (exact) mass is 420 g/mol. The minimum Gasteiger partial charge on any atom is -0.454 e. The molecule has 1 aliphatic heterocycles. The number of nitrogens with two attached hydrogens (primary N) is 1. The van der Waals surface area contributed by atoms with E-state index in [-0.39, 0.29) is 31.7 Å². The molecule has 0 saturated carbocycles. The van der Waals surface area contributed by atoms with E-state index in [2.05, 4.69) is 10.6 Å². The number of urea groups is 1. The Morgan fingerprint density at radius 1 is 1.03 bits per heavy atom. The highest BCUT2D eigenvalue weighted by Gasteiger charge is 2.16. The number of carbonyl (C=O) groups excluding carboxylic acids is 2. The second-order valence-electron chi connectivity index (χ2n) is 6.37. The second-order valence-corrected chi connectivity index (χ2v) is 6.37. The summed E-state index contributed by atoms with van der Waals surface area (Å²) in [6.07, 6.45) is 0.803. The van der Waals surface area contributed by atoms with E-state index in [1.54, 1.807) is 18.2 Å². The highest BCUT2D eigenvalue weighted by molar-refractivity contribution is 6.01. The van der Waals surface area contributed by atoms with Gasteiger partial charge in [-0.1, -0.05) is 30.3 Å². The molecule has 2 aromatic rings. The largest absolute Gasteiger partial charge is 0.454 e. The highest BCUT2D eigenvalue weighted by Crippen LogP contribution is 2.34. The van der Waals surface area contributed by atoms with E-state index >= 15 is 0 Å². The van der Waals surface area contributed by atoms with E-state index in [9.17, 15) is 9.59 Å². The van der Waals surface area contributed by atoms with E-state index in [0.717, 1.165) is 6.42 Å². The molecule has 0 aromatic heterocycles. The van der Waals surface area contributed by atoms with Crippen molar-refractivity contribution in [1.82, 2.24) is 10.2 Å². The van der Waals surface area contributed by atoms with Crippen molar-refractivity contribution >= 4 is 30.0 Å². The molecule has 0 atom stereocenters. The molecule has 156 valence electrons. The predicted molar refractivity (Wildman–Crippen MR) is 113 cm³/mol. The van der Waals surface area contributed by atoms with Crippen molar-refractivity contribution in [2.75, 3.05) is 38.3 Å². The number of hydrogen-bond donors (Lipinski definition) is 3. The number of ether oxygens (including phenoxy) is 2. The molecule has 0 aliphatic carbocycles. The van der Waals surface area contributed by atoms with Gasteiger partial charge in [0.1, 0.15) is 0 Å². The number of imide groups is 1. The lowest BCUT2D eigenvalue weighted by Gasteiger charge is -2.20. The molecule has 9 heteroatoms. The first-order valence-electron chi connectivity index (χ1n) is 9.11. The van der Waals surface area contributed by atoms with Crippen LogP contribution in [-0.2, 0) is 11.2 Å². The standard InChI is InChI=1S/C20H24N4O4.ClH/c21-9-11-24(10-8-15-4-2-1-3-5-15)13-19(25)23-20(26)22-16-6-7-17-18(12-16)28-14-27-17;/h1-7,12H,8-11,13-14,21H2,(H2,22,23,25,26);1H. The van der Waals surface area contributed by atoms with Crippen LogP contribution in [0.3, 0.4) is 0 Å². The van der Waals surface area contributed by atoms with Gasteiger partial charge in [0.25, 0.3) is 0 Å². The third-order valence-electron chi connectivity index (χ3n) is 4.26. The van der Waals surface area contributed by atoms with Crippen molar-refractivity contribution in [3.05, 3.63) is 54.1 Å². The highest BCUT2D eigenvalue weighted by atomic mass is 35.5. The average Bonchev–Trinajstić information content (AvgIpc) is 3.14. The Hall–Kier alpha value is -2.81. The molecule has 2 aromatic carbocycles. The van der Waals surface area contributed by atoms with Crippen LogP contribution >= 0.6 is 12.4 Å². The fourth-order valence-electron chi connectivity index (χ4n) is 2.89. The number of anilines is 1. The molecule has 0 fully saturated rings. The molecule has 29 heavy (non-hydrogen) atoms. The second kappa shape index (κ2) is 11.3. The summed E-state index contributed by atoms with van der Waals surface area (Å²) in [5.74, 6) is 0.789. The molecule has 0 unspecified atom stereocenters. The van der Waals surface area contributed by atoms with Crippen molar-refractivity contribution in [3.8, 4) is 11.5 Å². The third kappa shape index (κ3) is 6.94. The van der Waals surface area contributed by atoms with Gasteiger partial charge in [0.15, 0.2) is 11.5 Å². The molecule has 4 N–H and O–H groups in total. The van der Waals surface area contributed by atoms with Crippen molar-refractivity contribution < 1.29 is 19.1 Å². The van der Waals surface area contributed by atoms with Gasteiger partial charge < -0.3 is 20.5 Å². The summed E-state index contributed by atoms with van der Waals surface area (Å²) >= 11 is 0. The van der Waals surface area contributed by atoms with Gasteiger partial charge in [-0.15, -0.1) is 12.4 Å². The molecule has 3 amide bonds. The van der Waals surface area contributed by atoms with E-state index in [1.165, 1.54) is 5.56 Å². The van der Waals surface area contributed by atoms with E-state index in [0.29, 0.717) is 36.8 Å². The van der Waals surface area contributed by atoms with Gasteiger partial charge in [-0.2, -0.15) is 0 Å². The minimum atomic E-state index is -0.598. The number of hydrogen-bond acceptors (Lipinski definition) is 6. The first kappa shape index (κ1) is 22.5. The molecule has 0 radical (unpaired) electrons. The van der Waals surface area contributed by atoms with Crippen LogP contribution in [-0.4, -0.2) is 49.8 Å². The Labute approximate surface area is 175 Å². The van der Waals surface area contributed by atoms with Crippen LogP contribution in [0.4, 0.5) is 10.5 Å². The maximum absolute atomic E-state index is 12.2. The zero-order valence-corrected chi connectivity index (χ0v) is 16.7. The van der Waals surface area contributed by atoms with Crippen molar-refractivity contribution in [3.63, 3.8) is 0 Å². The van der Waals surface area contributed by atoms with Gasteiger partial charge in [-0.25, -0.2) is 4.79 Å². The maximum Gasteiger partial charge on any atom is 0.325 e. The maximum atomic E-state index is 12.2. The summed E-state index contributed by atoms with van der Waals surface area (Å²) in [5, 5.41) is 4.96. The number of nitrogens with zero attached hydrogens (tertiary/aromatic N) is 1. The molecule has 0 bridgehead atoms. The van der Waals surface area contributed by atoms with Gasteiger partial charge in [0, 0.05) is 31.4 Å². The van der Waals surface area contributed by atoms with Gasteiger partial charge in [0.05, 0.1) is 6.54 Å². The molecule has 1 aliphatic rings. The quantitative estimate of drug-likeness (QED) is 0.603.